The van der Waals surface area contributed by atoms with Gasteiger partial charge in [-0.25, -0.2) is 4.79 Å². The van der Waals surface area contributed by atoms with Crippen LogP contribution in [0.4, 0.5) is 0 Å². The summed E-state index contributed by atoms with van der Waals surface area (Å²) >= 11 is 5.69. The van der Waals surface area contributed by atoms with Crippen LogP contribution in [0.25, 0.3) is 0 Å². The molecule has 9 atom stereocenters. The van der Waals surface area contributed by atoms with Gasteiger partial charge in [0.15, 0.2) is 6.79 Å². The SMILES string of the molecule is C=C(C)C(=O)OCOC1C2(C)CCC(C2)C1(C)C.CC12CCC(C1)C(C)(C)C2O.CC12CCC(C1)C(C)(C)C2OCCl. The molecule has 6 bridgehead atoms. The zero-order chi connectivity index (χ0) is 31.5. The van der Waals surface area contributed by atoms with E-state index in [-0.39, 0.29) is 46.6 Å². The molecule has 0 aromatic rings. The minimum atomic E-state index is -0.374. The highest BCUT2D eigenvalue weighted by molar-refractivity contribution is 6.17. The standard InChI is InChI=1S/C15H24O3.C11H19ClO.C10H18O/c1-10(2)12(16)17-9-18-13-14(3,4)11-6-7-15(13,5)8-11;1-10(2)8-4-5-11(3,6-8)9(10)13-7-12;1-9(2)7-4-5-10(3,6-7)8(9)11/h11,13H,1,6-9H2,2-5H3;8-9H,4-7H2,1-3H3;7-8,11H,4-6H2,1-3H3. The van der Waals surface area contributed by atoms with Crippen LogP contribution in [0.1, 0.15) is 127 Å². The highest BCUT2D eigenvalue weighted by atomic mass is 35.5. The molecule has 0 aromatic carbocycles. The maximum Gasteiger partial charge on any atom is 0.335 e. The van der Waals surface area contributed by atoms with Crippen LogP contribution < -0.4 is 0 Å². The highest BCUT2D eigenvalue weighted by Crippen LogP contribution is 2.65. The molecule has 0 spiro atoms. The maximum atomic E-state index is 11.3. The van der Waals surface area contributed by atoms with Gasteiger partial charge < -0.3 is 19.3 Å². The van der Waals surface area contributed by atoms with Crippen LogP contribution in [-0.2, 0) is 19.0 Å². The number of halogens is 1. The molecule has 0 heterocycles. The van der Waals surface area contributed by atoms with Crippen LogP contribution in [0.2, 0.25) is 0 Å². The fourth-order valence-electron chi connectivity index (χ4n) is 11.0. The quantitative estimate of drug-likeness (QED) is 0.141. The summed E-state index contributed by atoms with van der Waals surface area (Å²) in [6.07, 6.45) is 12.1. The molecule has 9 unspecified atom stereocenters. The van der Waals surface area contributed by atoms with Crippen LogP contribution in [-0.4, -0.2) is 42.2 Å². The fraction of sp³-hybridized carbons (Fsp3) is 0.917. The molecular weight excluding hydrogens is 548 g/mol. The van der Waals surface area contributed by atoms with Gasteiger partial charge in [0, 0.05) is 5.57 Å². The van der Waals surface area contributed by atoms with E-state index in [0.29, 0.717) is 28.6 Å². The van der Waals surface area contributed by atoms with Crippen molar-refractivity contribution in [3.05, 3.63) is 12.2 Å². The number of carbonyl (C=O) groups excluding carboxylic acids is 1. The zero-order valence-electron chi connectivity index (χ0n) is 28.4. The summed E-state index contributed by atoms with van der Waals surface area (Å²) < 4.78 is 16.7. The van der Waals surface area contributed by atoms with Crippen LogP contribution >= 0.6 is 11.6 Å². The Kier molecular flexibility index (Phi) is 9.49. The summed E-state index contributed by atoms with van der Waals surface area (Å²) in [5.74, 6) is 2.00. The van der Waals surface area contributed by atoms with E-state index in [2.05, 4.69) is 68.9 Å². The largest absolute Gasteiger partial charge is 0.435 e. The summed E-state index contributed by atoms with van der Waals surface area (Å²) in [4.78, 5) is 11.3. The average molecular weight is 609 g/mol. The highest BCUT2D eigenvalue weighted by Gasteiger charge is 2.61. The zero-order valence-corrected chi connectivity index (χ0v) is 29.2. The predicted octanol–water partition coefficient (Wildman–Crippen LogP) is 8.90. The minimum absolute atomic E-state index is 0.0437. The summed E-state index contributed by atoms with van der Waals surface area (Å²) in [6, 6.07) is 0.344. The lowest BCUT2D eigenvalue weighted by Gasteiger charge is -2.42. The number of esters is 1. The Morgan fingerprint density at radius 2 is 1.14 bits per heavy atom. The lowest BCUT2D eigenvalue weighted by atomic mass is 9.70. The third kappa shape index (κ3) is 5.87. The van der Waals surface area contributed by atoms with E-state index in [1.54, 1.807) is 6.92 Å². The molecule has 0 radical (unpaired) electrons. The monoisotopic (exact) mass is 608 g/mol. The first-order valence-corrected chi connectivity index (χ1v) is 17.1. The van der Waals surface area contributed by atoms with Crippen molar-refractivity contribution in [3.8, 4) is 0 Å². The van der Waals surface area contributed by atoms with Gasteiger partial charge in [-0.2, -0.15) is 0 Å². The second kappa shape index (κ2) is 11.6. The molecule has 242 valence electrons. The summed E-state index contributed by atoms with van der Waals surface area (Å²) in [5, 5.41) is 10.0. The van der Waals surface area contributed by atoms with Crippen molar-refractivity contribution in [2.24, 2.45) is 50.2 Å². The van der Waals surface area contributed by atoms with Crippen molar-refractivity contribution in [1.29, 1.82) is 0 Å². The molecule has 0 amide bonds. The number of rotatable bonds is 6. The third-order valence-electron chi connectivity index (χ3n) is 13.5. The number of hydrogen-bond donors (Lipinski definition) is 1. The molecule has 0 saturated heterocycles. The Labute approximate surface area is 261 Å². The lowest BCUT2D eigenvalue weighted by molar-refractivity contribution is -0.175. The van der Waals surface area contributed by atoms with Crippen molar-refractivity contribution in [2.45, 2.75) is 145 Å². The van der Waals surface area contributed by atoms with Gasteiger partial charge in [0.25, 0.3) is 0 Å². The number of carbonyl (C=O) groups is 1. The van der Waals surface area contributed by atoms with Gasteiger partial charge in [-0.15, -0.1) is 0 Å². The maximum absolute atomic E-state index is 11.3. The number of ether oxygens (including phenoxy) is 3. The van der Waals surface area contributed by atoms with E-state index in [9.17, 15) is 9.90 Å². The van der Waals surface area contributed by atoms with Crippen molar-refractivity contribution >= 4 is 17.6 Å². The molecule has 6 saturated carbocycles. The summed E-state index contributed by atoms with van der Waals surface area (Å²) in [6.45, 7) is 25.8. The molecule has 6 aliphatic rings. The minimum Gasteiger partial charge on any atom is -0.435 e. The Bertz CT molecular complexity index is 1010. The molecule has 0 aromatic heterocycles. The van der Waals surface area contributed by atoms with Gasteiger partial charge in [0.05, 0.1) is 18.3 Å². The fourth-order valence-corrected chi connectivity index (χ4v) is 11.1. The van der Waals surface area contributed by atoms with Gasteiger partial charge in [0.2, 0.25) is 0 Å². The van der Waals surface area contributed by atoms with Crippen molar-refractivity contribution in [1.82, 2.24) is 0 Å². The second-order valence-corrected chi connectivity index (χ2v) is 17.9. The van der Waals surface area contributed by atoms with Gasteiger partial charge >= 0.3 is 5.97 Å². The molecule has 6 rings (SSSR count). The first-order chi connectivity index (χ1) is 19.2. The second-order valence-electron chi connectivity index (χ2n) is 17.7. The molecular formula is C36H61ClO5. The average Bonchev–Trinajstić information content (AvgIpc) is 3.69. The van der Waals surface area contributed by atoms with Gasteiger partial charge in [0.1, 0.15) is 6.07 Å². The number of aliphatic hydroxyl groups is 1. The van der Waals surface area contributed by atoms with Crippen molar-refractivity contribution in [3.63, 3.8) is 0 Å². The van der Waals surface area contributed by atoms with E-state index in [1.165, 1.54) is 57.8 Å². The molecule has 1 N–H and O–H groups in total. The topological polar surface area (TPSA) is 65.0 Å². The predicted molar refractivity (Wildman–Crippen MR) is 170 cm³/mol. The number of aliphatic hydroxyl groups excluding tert-OH is 1. The van der Waals surface area contributed by atoms with Crippen LogP contribution in [0, 0.1) is 50.2 Å². The molecule has 6 fully saturated rings. The Balaban J connectivity index is 0.000000150. The van der Waals surface area contributed by atoms with E-state index >= 15 is 0 Å². The summed E-state index contributed by atoms with van der Waals surface area (Å²) in [7, 11) is 0. The first-order valence-electron chi connectivity index (χ1n) is 16.5. The third-order valence-corrected chi connectivity index (χ3v) is 13.6. The molecule has 5 nitrogen and oxygen atoms in total. The number of hydrogen-bond acceptors (Lipinski definition) is 5. The normalized spacial score (nSPS) is 44.3. The van der Waals surface area contributed by atoms with Crippen molar-refractivity contribution in [2.75, 3.05) is 12.9 Å². The number of fused-ring (bicyclic) bond motifs is 6. The Morgan fingerprint density at radius 3 is 1.45 bits per heavy atom. The van der Waals surface area contributed by atoms with Crippen LogP contribution in [0.5, 0.6) is 0 Å². The smallest absolute Gasteiger partial charge is 0.335 e. The molecule has 6 aliphatic carbocycles. The van der Waals surface area contributed by atoms with Crippen LogP contribution in [0.3, 0.4) is 0 Å². The van der Waals surface area contributed by atoms with Gasteiger partial charge in [-0.1, -0.05) is 80.5 Å². The summed E-state index contributed by atoms with van der Waals surface area (Å²) in [5.41, 5.74) is 2.04. The lowest BCUT2D eigenvalue weighted by Crippen LogP contribution is -2.42. The van der Waals surface area contributed by atoms with E-state index in [4.69, 9.17) is 25.8 Å². The Morgan fingerprint density at radius 1 is 0.738 bits per heavy atom. The van der Waals surface area contributed by atoms with E-state index in [1.807, 2.05) is 0 Å². The van der Waals surface area contributed by atoms with Gasteiger partial charge in [-0.3, -0.25) is 0 Å². The first kappa shape index (κ1) is 34.3. The molecule has 6 heteroatoms. The molecule has 42 heavy (non-hydrogen) atoms. The number of alkyl halides is 1. The van der Waals surface area contributed by atoms with Crippen LogP contribution in [0.15, 0.2) is 12.2 Å². The molecule has 0 aliphatic heterocycles. The van der Waals surface area contributed by atoms with E-state index in [0.717, 1.165) is 17.8 Å². The van der Waals surface area contributed by atoms with Crippen molar-refractivity contribution < 1.29 is 24.1 Å². The van der Waals surface area contributed by atoms with E-state index < -0.39 is 0 Å². The van der Waals surface area contributed by atoms with Gasteiger partial charge in [-0.05, 0) is 115 Å². The Hall–Kier alpha value is -0.620.